The molecule has 4 rings (SSSR count). The van der Waals surface area contributed by atoms with Crippen molar-refractivity contribution in [3.05, 3.63) is 81.8 Å². The molecule has 3 heterocycles. The lowest BCUT2D eigenvalue weighted by molar-refractivity contribution is -0.121. The summed E-state index contributed by atoms with van der Waals surface area (Å²) in [6.07, 6.45) is 5.25. The van der Waals surface area contributed by atoms with E-state index in [9.17, 15) is 9.59 Å². The third-order valence-electron chi connectivity index (χ3n) is 4.45. The van der Waals surface area contributed by atoms with Crippen molar-refractivity contribution in [3.63, 3.8) is 0 Å². The van der Waals surface area contributed by atoms with Crippen LogP contribution >= 0.6 is 11.3 Å². The van der Waals surface area contributed by atoms with Gasteiger partial charge in [-0.1, -0.05) is 12.1 Å². The summed E-state index contributed by atoms with van der Waals surface area (Å²) in [6.45, 7) is 0.685. The van der Waals surface area contributed by atoms with Crippen LogP contribution in [0.15, 0.2) is 70.7 Å². The Balaban J connectivity index is 1.36. The van der Waals surface area contributed by atoms with E-state index in [0.29, 0.717) is 17.4 Å². The number of nitrogens with zero attached hydrogens (tertiary/aromatic N) is 3. The van der Waals surface area contributed by atoms with Gasteiger partial charge in [0.15, 0.2) is 0 Å². The van der Waals surface area contributed by atoms with Crippen molar-refractivity contribution in [2.45, 2.75) is 19.5 Å². The van der Waals surface area contributed by atoms with Gasteiger partial charge in [0.05, 0.1) is 17.2 Å². The van der Waals surface area contributed by atoms with E-state index in [-0.39, 0.29) is 24.4 Å². The molecule has 6 nitrogen and oxygen atoms in total. The lowest BCUT2D eigenvalue weighted by Gasteiger charge is -2.08. The number of carbonyl (C=O) groups is 1. The molecule has 0 aliphatic rings. The maximum atomic E-state index is 12.5. The number of amides is 1. The molecular weight excluding hydrogens is 372 g/mol. The molecule has 1 aromatic carbocycles. The van der Waals surface area contributed by atoms with E-state index in [1.165, 1.54) is 10.9 Å². The Bertz CT molecular complexity index is 1170. The molecular formula is C21H18N4O2S. The number of rotatable bonds is 6. The van der Waals surface area contributed by atoms with Gasteiger partial charge >= 0.3 is 0 Å². The van der Waals surface area contributed by atoms with E-state index >= 15 is 0 Å². The third kappa shape index (κ3) is 3.99. The van der Waals surface area contributed by atoms with Crippen molar-refractivity contribution < 1.29 is 4.79 Å². The third-order valence-corrected chi connectivity index (χ3v) is 5.13. The Hall–Kier alpha value is -3.32. The van der Waals surface area contributed by atoms with Gasteiger partial charge in [-0.3, -0.25) is 19.1 Å². The van der Waals surface area contributed by atoms with E-state index in [0.717, 1.165) is 16.7 Å². The lowest BCUT2D eigenvalue weighted by Crippen LogP contribution is -2.27. The molecule has 0 atom stereocenters. The molecule has 0 aliphatic carbocycles. The number of thiophene rings is 1. The average molecular weight is 390 g/mol. The summed E-state index contributed by atoms with van der Waals surface area (Å²) in [4.78, 5) is 33.2. The summed E-state index contributed by atoms with van der Waals surface area (Å²) < 4.78 is 1.47. The standard InChI is InChI=1S/C21H18N4O2S/c26-20(5-7-25-14-24-19-4-2-1-3-18(19)21(25)27)23-11-15-9-17(12-22-10-15)16-6-8-28-13-16/h1-4,6,8-10,12-14H,5,7,11H2,(H,23,26). The number of hydrogen-bond donors (Lipinski definition) is 1. The van der Waals surface area contributed by atoms with Crippen molar-refractivity contribution in [3.8, 4) is 11.1 Å². The Morgan fingerprint density at radius 2 is 2.04 bits per heavy atom. The van der Waals surface area contributed by atoms with Crippen molar-refractivity contribution >= 4 is 28.1 Å². The number of aryl methyl sites for hydroxylation is 1. The fourth-order valence-corrected chi connectivity index (χ4v) is 3.61. The van der Waals surface area contributed by atoms with Crippen molar-refractivity contribution in [1.82, 2.24) is 19.9 Å². The SMILES string of the molecule is O=C(CCn1cnc2ccccc2c1=O)NCc1cncc(-c2ccsc2)c1. The molecule has 0 spiro atoms. The molecule has 1 amide bonds. The van der Waals surface area contributed by atoms with Gasteiger partial charge in [-0.2, -0.15) is 11.3 Å². The first-order chi connectivity index (χ1) is 13.7. The van der Waals surface area contributed by atoms with Crippen LogP contribution in [0, 0.1) is 0 Å². The second-order valence-corrected chi connectivity index (χ2v) is 7.16. The number of pyridine rings is 1. The number of carbonyl (C=O) groups excluding carboxylic acids is 1. The first-order valence-corrected chi connectivity index (χ1v) is 9.82. The molecule has 7 heteroatoms. The Kier molecular flexibility index (Phi) is 5.25. The normalized spacial score (nSPS) is 10.9. The number of para-hydroxylation sites is 1. The van der Waals surface area contributed by atoms with Gasteiger partial charge in [0, 0.05) is 37.5 Å². The summed E-state index contributed by atoms with van der Waals surface area (Å²) in [5.74, 6) is -0.124. The topological polar surface area (TPSA) is 76.9 Å². The molecule has 28 heavy (non-hydrogen) atoms. The predicted molar refractivity (Wildman–Crippen MR) is 110 cm³/mol. The maximum Gasteiger partial charge on any atom is 0.261 e. The summed E-state index contributed by atoms with van der Waals surface area (Å²) in [5.41, 5.74) is 3.61. The highest BCUT2D eigenvalue weighted by Crippen LogP contribution is 2.21. The smallest absolute Gasteiger partial charge is 0.261 e. The second kappa shape index (κ2) is 8.14. The Morgan fingerprint density at radius 3 is 2.89 bits per heavy atom. The average Bonchev–Trinajstić information content (AvgIpc) is 3.27. The number of hydrogen-bond acceptors (Lipinski definition) is 5. The van der Waals surface area contributed by atoms with Crippen molar-refractivity contribution in [1.29, 1.82) is 0 Å². The first kappa shape index (κ1) is 18.1. The van der Waals surface area contributed by atoms with Crippen LogP contribution in [-0.4, -0.2) is 20.4 Å². The van der Waals surface area contributed by atoms with Gasteiger partial charge in [0.1, 0.15) is 0 Å². The van der Waals surface area contributed by atoms with Gasteiger partial charge in [0.25, 0.3) is 5.56 Å². The zero-order chi connectivity index (χ0) is 19.3. The monoisotopic (exact) mass is 390 g/mol. The maximum absolute atomic E-state index is 12.5. The minimum Gasteiger partial charge on any atom is -0.352 e. The van der Waals surface area contributed by atoms with Crippen LogP contribution in [0.1, 0.15) is 12.0 Å². The fourth-order valence-electron chi connectivity index (χ4n) is 2.95. The van der Waals surface area contributed by atoms with Crippen LogP contribution in [0.4, 0.5) is 0 Å². The predicted octanol–water partition coefficient (Wildman–Crippen LogP) is 3.23. The number of fused-ring (bicyclic) bond motifs is 1. The van der Waals surface area contributed by atoms with Crippen molar-refractivity contribution in [2.75, 3.05) is 0 Å². The first-order valence-electron chi connectivity index (χ1n) is 8.88. The summed E-state index contributed by atoms with van der Waals surface area (Å²) >= 11 is 1.63. The largest absolute Gasteiger partial charge is 0.352 e. The molecule has 140 valence electrons. The molecule has 0 saturated carbocycles. The molecule has 3 aromatic heterocycles. The van der Waals surface area contributed by atoms with Crippen LogP contribution in [0.3, 0.4) is 0 Å². The number of aromatic nitrogens is 3. The van der Waals surface area contributed by atoms with E-state index in [1.807, 2.05) is 29.8 Å². The highest BCUT2D eigenvalue weighted by atomic mass is 32.1. The Morgan fingerprint density at radius 1 is 1.14 bits per heavy atom. The quantitative estimate of drug-likeness (QED) is 0.548. The zero-order valence-electron chi connectivity index (χ0n) is 15.0. The summed E-state index contributed by atoms with van der Waals surface area (Å²) in [5, 5.41) is 7.53. The van der Waals surface area contributed by atoms with Gasteiger partial charge in [-0.25, -0.2) is 4.98 Å². The highest BCUT2D eigenvalue weighted by Gasteiger charge is 2.07. The van der Waals surface area contributed by atoms with Crippen LogP contribution in [0.2, 0.25) is 0 Å². The van der Waals surface area contributed by atoms with E-state index < -0.39 is 0 Å². The Labute approximate surface area is 165 Å². The molecule has 4 aromatic rings. The van der Waals surface area contributed by atoms with Gasteiger partial charge in [0.2, 0.25) is 5.91 Å². The van der Waals surface area contributed by atoms with Crippen molar-refractivity contribution in [2.24, 2.45) is 0 Å². The van der Waals surface area contributed by atoms with Gasteiger partial charge in [-0.15, -0.1) is 0 Å². The summed E-state index contributed by atoms with van der Waals surface area (Å²) in [7, 11) is 0. The molecule has 0 bridgehead atoms. The zero-order valence-corrected chi connectivity index (χ0v) is 15.9. The number of benzene rings is 1. The van der Waals surface area contributed by atoms with E-state index in [2.05, 4.69) is 20.7 Å². The summed E-state index contributed by atoms with van der Waals surface area (Å²) in [6, 6.07) is 11.3. The van der Waals surface area contributed by atoms with E-state index in [4.69, 9.17) is 0 Å². The minimum atomic E-state index is -0.133. The molecule has 0 fully saturated rings. The fraction of sp³-hybridized carbons (Fsp3) is 0.143. The minimum absolute atomic E-state index is 0.124. The van der Waals surface area contributed by atoms with Crippen LogP contribution in [-0.2, 0) is 17.9 Å². The van der Waals surface area contributed by atoms with Gasteiger partial charge < -0.3 is 5.32 Å². The highest BCUT2D eigenvalue weighted by molar-refractivity contribution is 7.08. The van der Waals surface area contributed by atoms with Crippen LogP contribution < -0.4 is 10.9 Å². The van der Waals surface area contributed by atoms with Crippen LogP contribution in [0.5, 0.6) is 0 Å². The second-order valence-electron chi connectivity index (χ2n) is 6.38. The molecule has 0 unspecified atom stereocenters. The molecule has 0 saturated heterocycles. The number of nitrogens with one attached hydrogen (secondary N) is 1. The molecule has 1 N–H and O–H groups in total. The van der Waals surface area contributed by atoms with Gasteiger partial charge in [-0.05, 0) is 46.2 Å². The van der Waals surface area contributed by atoms with E-state index in [1.54, 1.807) is 35.7 Å². The molecule has 0 radical (unpaired) electrons. The molecule has 0 aliphatic heterocycles. The lowest BCUT2D eigenvalue weighted by atomic mass is 10.1. The van der Waals surface area contributed by atoms with Crippen LogP contribution in [0.25, 0.3) is 22.0 Å².